The van der Waals surface area contributed by atoms with Crippen molar-refractivity contribution >= 4 is 22.7 Å². The Morgan fingerprint density at radius 1 is 1.09 bits per heavy atom. The molecule has 0 aliphatic carbocycles. The molecule has 2 aromatic heterocycles. The van der Waals surface area contributed by atoms with Gasteiger partial charge in [0.1, 0.15) is 0 Å². The van der Waals surface area contributed by atoms with Crippen LogP contribution in [0.2, 0.25) is 0 Å². The van der Waals surface area contributed by atoms with Gasteiger partial charge in [-0.05, 0) is 44.4 Å². The number of amides is 2. The van der Waals surface area contributed by atoms with Gasteiger partial charge in [0.2, 0.25) is 0 Å². The van der Waals surface area contributed by atoms with Gasteiger partial charge in [0.05, 0.1) is 23.4 Å². The van der Waals surface area contributed by atoms with Crippen molar-refractivity contribution in [1.29, 1.82) is 0 Å². The van der Waals surface area contributed by atoms with E-state index in [1.54, 1.807) is 0 Å². The molecule has 4 rings (SSSR count). The van der Waals surface area contributed by atoms with Gasteiger partial charge in [-0.2, -0.15) is 0 Å². The summed E-state index contributed by atoms with van der Waals surface area (Å²) in [5.41, 5.74) is 4.16. The standard InChI is InChI=1S/C27H34N4O3/c1-4-16-34-17-13-28-26(32)22-10-9-19(2)29-25(22)20-11-14-31(15-12-20)27(33)23-18-30(3)24-8-6-5-7-21(23)24/h5-10,18,20H,4,11-17H2,1-3H3,(H,28,32). The maximum absolute atomic E-state index is 13.3. The molecular weight excluding hydrogens is 428 g/mol. The Balaban J connectivity index is 1.43. The SMILES string of the molecule is CCCOCCNC(=O)c1ccc(C)nc1C1CCN(C(=O)c2cn(C)c3ccccc23)CC1. The molecule has 3 aromatic rings. The van der Waals surface area contributed by atoms with Gasteiger partial charge >= 0.3 is 0 Å². The van der Waals surface area contributed by atoms with Crippen molar-refractivity contribution in [1.82, 2.24) is 19.8 Å². The van der Waals surface area contributed by atoms with E-state index >= 15 is 0 Å². The Kier molecular flexibility index (Phi) is 7.63. The number of para-hydroxylation sites is 1. The third-order valence-electron chi connectivity index (χ3n) is 6.49. The lowest BCUT2D eigenvalue weighted by Crippen LogP contribution is -2.38. The van der Waals surface area contributed by atoms with Crippen LogP contribution in [0.1, 0.15) is 64.2 Å². The highest BCUT2D eigenvalue weighted by Gasteiger charge is 2.29. The van der Waals surface area contributed by atoms with E-state index in [1.807, 2.05) is 66.0 Å². The molecule has 1 aliphatic heterocycles. The van der Waals surface area contributed by atoms with Crippen LogP contribution < -0.4 is 5.32 Å². The number of nitrogens with one attached hydrogen (secondary N) is 1. The van der Waals surface area contributed by atoms with E-state index < -0.39 is 0 Å². The highest BCUT2D eigenvalue weighted by Crippen LogP contribution is 2.31. The van der Waals surface area contributed by atoms with Crippen molar-refractivity contribution in [3.8, 4) is 0 Å². The summed E-state index contributed by atoms with van der Waals surface area (Å²) in [5.74, 6) is 0.0999. The predicted molar refractivity (Wildman–Crippen MR) is 133 cm³/mol. The maximum Gasteiger partial charge on any atom is 0.256 e. The van der Waals surface area contributed by atoms with Gasteiger partial charge < -0.3 is 19.5 Å². The van der Waals surface area contributed by atoms with E-state index in [0.717, 1.165) is 47.1 Å². The van der Waals surface area contributed by atoms with Crippen LogP contribution in [0.4, 0.5) is 0 Å². The molecule has 34 heavy (non-hydrogen) atoms. The predicted octanol–water partition coefficient (Wildman–Crippen LogP) is 4.06. The van der Waals surface area contributed by atoms with E-state index in [9.17, 15) is 9.59 Å². The molecule has 0 atom stereocenters. The Morgan fingerprint density at radius 3 is 2.62 bits per heavy atom. The summed E-state index contributed by atoms with van der Waals surface area (Å²) in [7, 11) is 1.97. The second-order valence-electron chi connectivity index (χ2n) is 8.99. The summed E-state index contributed by atoms with van der Waals surface area (Å²) in [4.78, 5) is 32.9. The van der Waals surface area contributed by atoms with Crippen LogP contribution in [-0.4, -0.2) is 59.1 Å². The van der Waals surface area contributed by atoms with Crippen LogP contribution in [0, 0.1) is 6.92 Å². The van der Waals surface area contributed by atoms with Crippen molar-refractivity contribution in [2.24, 2.45) is 7.05 Å². The molecule has 0 spiro atoms. The molecule has 1 aliphatic rings. The highest BCUT2D eigenvalue weighted by atomic mass is 16.5. The summed E-state index contributed by atoms with van der Waals surface area (Å²) in [5, 5.41) is 3.94. The number of aryl methyl sites for hydroxylation is 2. The first kappa shape index (κ1) is 24.0. The number of hydrogen-bond donors (Lipinski definition) is 1. The zero-order valence-electron chi connectivity index (χ0n) is 20.3. The fourth-order valence-corrected chi connectivity index (χ4v) is 4.70. The smallest absolute Gasteiger partial charge is 0.256 e. The number of carbonyl (C=O) groups is 2. The first-order valence-corrected chi connectivity index (χ1v) is 12.2. The number of ether oxygens (including phenoxy) is 1. The van der Waals surface area contributed by atoms with Crippen molar-refractivity contribution in [2.75, 3.05) is 32.8 Å². The number of rotatable bonds is 8. The van der Waals surface area contributed by atoms with Crippen LogP contribution in [-0.2, 0) is 11.8 Å². The van der Waals surface area contributed by atoms with Crippen molar-refractivity contribution in [3.05, 3.63) is 65.1 Å². The van der Waals surface area contributed by atoms with E-state index in [-0.39, 0.29) is 17.7 Å². The number of aromatic nitrogens is 2. The summed E-state index contributed by atoms with van der Waals surface area (Å²) in [6.07, 6.45) is 4.45. The van der Waals surface area contributed by atoms with Gasteiger partial charge in [0, 0.05) is 62.0 Å². The summed E-state index contributed by atoms with van der Waals surface area (Å²) in [6.45, 7) is 6.98. The van der Waals surface area contributed by atoms with Crippen LogP contribution in [0.5, 0.6) is 0 Å². The van der Waals surface area contributed by atoms with Gasteiger partial charge in [-0.15, -0.1) is 0 Å². The average molecular weight is 463 g/mol. The number of carbonyl (C=O) groups excluding carboxylic acids is 2. The second kappa shape index (κ2) is 10.8. The lowest BCUT2D eigenvalue weighted by molar-refractivity contribution is 0.0712. The minimum atomic E-state index is -0.114. The fourth-order valence-electron chi connectivity index (χ4n) is 4.70. The summed E-state index contributed by atoms with van der Waals surface area (Å²) >= 11 is 0. The number of hydrogen-bond acceptors (Lipinski definition) is 4. The summed E-state index contributed by atoms with van der Waals surface area (Å²) < 4.78 is 7.47. The van der Waals surface area contributed by atoms with Crippen LogP contribution >= 0.6 is 0 Å². The van der Waals surface area contributed by atoms with E-state index in [0.29, 0.717) is 38.4 Å². The lowest BCUT2D eigenvalue weighted by Gasteiger charge is -2.32. The molecule has 0 bridgehead atoms. The molecule has 1 N–H and O–H groups in total. The second-order valence-corrected chi connectivity index (χ2v) is 8.99. The maximum atomic E-state index is 13.3. The first-order chi connectivity index (χ1) is 16.5. The van der Waals surface area contributed by atoms with Crippen molar-refractivity contribution < 1.29 is 14.3 Å². The average Bonchev–Trinajstić information content (AvgIpc) is 3.20. The number of piperidine rings is 1. The molecule has 7 heteroatoms. The Labute approximate surface area is 201 Å². The Bertz CT molecular complexity index is 1160. The van der Waals surface area contributed by atoms with Gasteiger partial charge in [0.25, 0.3) is 11.8 Å². The minimum absolute atomic E-state index is 0.0671. The zero-order valence-corrected chi connectivity index (χ0v) is 20.3. The minimum Gasteiger partial charge on any atom is -0.380 e. The fraction of sp³-hybridized carbons (Fsp3) is 0.444. The molecule has 7 nitrogen and oxygen atoms in total. The van der Waals surface area contributed by atoms with E-state index in [4.69, 9.17) is 9.72 Å². The first-order valence-electron chi connectivity index (χ1n) is 12.2. The monoisotopic (exact) mass is 462 g/mol. The third-order valence-corrected chi connectivity index (χ3v) is 6.49. The molecule has 2 amide bonds. The van der Waals surface area contributed by atoms with Crippen molar-refractivity contribution in [2.45, 2.75) is 39.0 Å². The Hall–Kier alpha value is -3.19. The Morgan fingerprint density at radius 2 is 1.85 bits per heavy atom. The number of pyridine rings is 1. The molecule has 1 aromatic carbocycles. The molecule has 0 unspecified atom stereocenters. The molecule has 1 saturated heterocycles. The molecule has 0 radical (unpaired) electrons. The number of nitrogens with zero attached hydrogens (tertiary/aromatic N) is 3. The lowest BCUT2D eigenvalue weighted by atomic mass is 9.89. The third kappa shape index (κ3) is 5.14. The van der Waals surface area contributed by atoms with Gasteiger partial charge in [0.15, 0.2) is 0 Å². The van der Waals surface area contributed by atoms with Gasteiger partial charge in [-0.1, -0.05) is 25.1 Å². The van der Waals surface area contributed by atoms with Crippen LogP contribution in [0.15, 0.2) is 42.6 Å². The topological polar surface area (TPSA) is 76.5 Å². The number of benzene rings is 1. The quantitative estimate of drug-likeness (QED) is 0.512. The van der Waals surface area contributed by atoms with Crippen LogP contribution in [0.25, 0.3) is 10.9 Å². The molecule has 180 valence electrons. The molecule has 3 heterocycles. The van der Waals surface area contributed by atoms with Crippen molar-refractivity contribution in [3.63, 3.8) is 0 Å². The van der Waals surface area contributed by atoms with E-state index in [1.165, 1.54) is 0 Å². The zero-order chi connectivity index (χ0) is 24.1. The van der Waals surface area contributed by atoms with Crippen LogP contribution in [0.3, 0.4) is 0 Å². The largest absolute Gasteiger partial charge is 0.380 e. The normalized spacial score (nSPS) is 14.5. The molecular formula is C27H34N4O3. The van der Waals surface area contributed by atoms with E-state index in [2.05, 4.69) is 12.2 Å². The van der Waals surface area contributed by atoms with Gasteiger partial charge in [-0.3, -0.25) is 14.6 Å². The summed E-state index contributed by atoms with van der Waals surface area (Å²) in [6, 6.07) is 11.7. The van der Waals surface area contributed by atoms with Gasteiger partial charge in [-0.25, -0.2) is 0 Å². The number of fused-ring (bicyclic) bond motifs is 1. The molecule has 1 fully saturated rings. The highest BCUT2D eigenvalue weighted by molar-refractivity contribution is 6.07. The molecule has 0 saturated carbocycles. The number of likely N-dealkylation sites (tertiary alicyclic amines) is 1.